The summed E-state index contributed by atoms with van der Waals surface area (Å²) >= 11 is 0. The van der Waals surface area contributed by atoms with Crippen LogP contribution < -0.4 is 11.1 Å². The lowest BCUT2D eigenvalue weighted by molar-refractivity contribution is 1.17. The standard InChI is InChI=1S/C14H13N5/c1-16-14-17-8-10-7-11(9-5-3-2-4-6-9)12(15)18-13(10)19-14/h2-8H,1H3,(H3,15,16,17,18,19). The molecule has 0 unspecified atom stereocenters. The van der Waals surface area contributed by atoms with Gasteiger partial charge in [0.05, 0.1) is 0 Å². The number of nitrogens with zero attached hydrogens (tertiary/aromatic N) is 3. The van der Waals surface area contributed by atoms with Crippen molar-refractivity contribution in [2.75, 3.05) is 18.1 Å². The third-order valence-electron chi connectivity index (χ3n) is 2.91. The summed E-state index contributed by atoms with van der Waals surface area (Å²) in [4.78, 5) is 12.8. The summed E-state index contributed by atoms with van der Waals surface area (Å²) in [5, 5.41) is 3.75. The first kappa shape index (κ1) is 11.4. The highest BCUT2D eigenvalue weighted by Crippen LogP contribution is 2.27. The highest BCUT2D eigenvalue weighted by molar-refractivity contribution is 5.86. The molecular weight excluding hydrogens is 238 g/mol. The third-order valence-corrected chi connectivity index (χ3v) is 2.91. The first-order valence-corrected chi connectivity index (χ1v) is 5.94. The van der Waals surface area contributed by atoms with Crippen molar-refractivity contribution in [1.82, 2.24) is 15.0 Å². The Balaban J connectivity index is 2.20. The normalized spacial score (nSPS) is 10.6. The maximum absolute atomic E-state index is 6.02. The SMILES string of the molecule is CNc1ncc2cc(-c3ccccc3)c(N)nc2n1. The molecule has 3 aromatic rings. The average Bonchev–Trinajstić information content (AvgIpc) is 2.47. The molecule has 1 aromatic carbocycles. The van der Waals surface area contributed by atoms with Crippen molar-refractivity contribution in [1.29, 1.82) is 0 Å². The molecule has 0 aliphatic carbocycles. The molecule has 0 spiro atoms. The molecule has 3 rings (SSSR count). The van der Waals surface area contributed by atoms with Gasteiger partial charge in [-0.1, -0.05) is 30.3 Å². The lowest BCUT2D eigenvalue weighted by atomic mass is 10.1. The second-order valence-electron chi connectivity index (χ2n) is 4.14. The number of aromatic nitrogens is 3. The van der Waals surface area contributed by atoms with E-state index in [1.807, 2.05) is 36.4 Å². The molecular formula is C14H13N5. The Morgan fingerprint density at radius 1 is 1.11 bits per heavy atom. The van der Waals surface area contributed by atoms with E-state index in [0.717, 1.165) is 16.5 Å². The van der Waals surface area contributed by atoms with E-state index in [-0.39, 0.29) is 0 Å². The van der Waals surface area contributed by atoms with E-state index in [4.69, 9.17) is 5.73 Å². The summed E-state index contributed by atoms with van der Waals surface area (Å²) in [7, 11) is 1.77. The van der Waals surface area contributed by atoms with Crippen LogP contribution in [0.4, 0.5) is 11.8 Å². The van der Waals surface area contributed by atoms with E-state index in [2.05, 4.69) is 20.3 Å². The van der Waals surface area contributed by atoms with Crippen LogP contribution in [0.1, 0.15) is 0 Å². The molecule has 0 saturated heterocycles. The number of nitrogen functional groups attached to an aromatic ring is 1. The molecule has 3 N–H and O–H groups in total. The summed E-state index contributed by atoms with van der Waals surface area (Å²) in [5.74, 6) is 1.01. The number of rotatable bonds is 2. The van der Waals surface area contributed by atoms with Crippen molar-refractivity contribution in [2.45, 2.75) is 0 Å². The number of fused-ring (bicyclic) bond motifs is 1. The fourth-order valence-corrected chi connectivity index (χ4v) is 1.95. The Morgan fingerprint density at radius 2 is 1.89 bits per heavy atom. The Bertz CT molecular complexity index is 724. The summed E-state index contributed by atoms with van der Waals surface area (Å²) in [6, 6.07) is 11.9. The molecule has 2 aromatic heterocycles. The first-order chi connectivity index (χ1) is 9.28. The number of nitrogens with one attached hydrogen (secondary N) is 1. The van der Waals surface area contributed by atoms with Gasteiger partial charge in [-0.25, -0.2) is 9.97 Å². The maximum Gasteiger partial charge on any atom is 0.224 e. The van der Waals surface area contributed by atoms with E-state index in [9.17, 15) is 0 Å². The van der Waals surface area contributed by atoms with Gasteiger partial charge in [0.15, 0.2) is 5.65 Å². The van der Waals surface area contributed by atoms with E-state index < -0.39 is 0 Å². The maximum atomic E-state index is 6.02. The van der Waals surface area contributed by atoms with Gasteiger partial charge in [0.25, 0.3) is 0 Å². The summed E-state index contributed by atoms with van der Waals surface area (Å²) in [6.07, 6.45) is 1.74. The number of anilines is 2. The quantitative estimate of drug-likeness (QED) is 0.731. The molecule has 0 amide bonds. The van der Waals surface area contributed by atoms with Crippen molar-refractivity contribution in [3.05, 3.63) is 42.6 Å². The Morgan fingerprint density at radius 3 is 2.63 bits per heavy atom. The second kappa shape index (κ2) is 4.53. The van der Waals surface area contributed by atoms with E-state index in [1.54, 1.807) is 13.2 Å². The van der Waals surface area contributed by atoms with Crippen LogP contribution in [0.3, 0.4) is 0 Å². The molecule has 0 radical (unpaired) electrons. The van der Waals surface area contributed by atoms with Gasteiger partial charge in [-0.2, -0.15) is 4.98 Å². The van der Waals surface area contributed by atoms with Crippen molar-refractivity contribution < 1.29 is 0 Å². The molecule has 0 fully saturated rings. The molecule has 94 valence electrons. The van der Waals surface area contributed by atoms with Crippen LogP contribution in [0, 0.1) is 0 Å². The molecule has 0 bridgehead atoms. The van der Waals surface area contributed by atoms with Crippen LogP contribution in [0.25, 0.3) is 22.2 Å². The van der Waals surface area contributed by atoms with Gasteiger partial charge < -0.3 is 11.1 Å². The zero-order valence-electron chi connectivity index (χ0n) is 10.5. The van der Waals surface area contributed by atoms with Gasteiger partial charge in [0.2, 0.25) is 5.95 Å². The Labute approximate surface area is 110 Å². The van der Waals surface area contributed by atoms with Crippen LogP contribution in [0.2, 0.25) is 0 Å². The topological polar surface area (TPSA) is 76.7 Å². The van der Waals surface area contributed by atoms with Crippen LogP contribution in [-0.4, -0.2) is 22.0 Å². The van der Waals surface area contributed by atoms with E-state index in [0.29, 0.717) is 17.4 Å². The predicted octanol–water partition coefficient (Wildman–Crippen LogP) is 2.32. The van der Waals surface area contributed by atoms with E-state index >= 15 is 0 Å². The van der Waals surface area contributed by atoms with Gasteiger partial charge in [-0.05, 0) is 11.6 Å². The smallest absolute Gasteiger partial charge is 0.224 e. The van der Waals surface area contributed by atoms with Gasteiger partial charge in [-0.15, -0.1) is 0 Å². The monoisotopic (exact) mass is 251 g/mol. The summed E-state index contributed by atoms with van der Waals surface area (Å²) in [5.41, 5.74) is 8.54. The van der Waals surface area contributed by atoms with Gasteiger partial charge in [0, 0.05) is 24.2 Å². The van der Waals surface area contributed by atoms with Crippen molar-refractivity contribution in [3.63, 3.8) is 0 Å². The molecule has 2 heterocycles. The van der Waals surface area contributed by atoms with Crippen molar-refractivity contribution >= 4 is 22.8 Å². The number of benzene rings is 1. The first-order valence-electron chi connectivity index (χ1n) is 5.94. The van der Waals surface area contributed by atoms with Gasteiger partial charge in [-0.3, -0.25) is 0 Å². The number of hydrogen-bond acceptors (Lipinski definition) is 5. The van der Waals surface area contributed by atoms with Crippen LogP contribution in [0.5, 0.6) is 0 Å². The predicted molar refractivity (Wildman–Crippen MR) is 76.7 cm³/mol. The van der Waals surface area contributed by atoms with Gasteiger partial charge >= 0.3 is 0 Å². The lowest BCUT2D eigenvalue weighted by Crippen LogP contribution is -2.00. The van der Waals surface area contributed by atoms with Crippen molar-refractivity contribution in [3.8, 4) is 11.1 Å². The minimum atomic E-state index is 0.472. The molecule has 0 atom stereocenters. The Kier molecular flexibility index (Phi) is 2.72. The van der Waals surface area contributed by atoms with Crippen LogP contribution >= 0.6 is 0 Å². The lowest BCUT2D eigenvalue weighted by Gasteiger charge is -2.07. The fraction of sp³-hybridized carbons (Fsp3) is 0.0714. The van der Waals surface area contributed by atoms with Gasteiger partial charge in [0.1, 0.15) is 5.82 Å². The minimum absolute atomic E-state index is 0.472. The molecule has 0 aliphatic heterocycles. The molecule has 0 saturated carbocycles. The molecule has 19 heavy (non-hydrogen) atoms. The van der Waals surface area contributed by atoms with Crippen LogP contribution in [0.15, 0.2) is 42.6 Å². The highest BCUT2D eigenvalue weighted by atomic mass is 15.1. The zero-order valence-corrected chi connectivity index (χ0v) is 10.5. The largest absolute Gasteiger partial charge is 0.383 e. The van der Waals surface area contributed by atoms with Crippen LogP contribution in [-0.2, 0) is 0 Å². The number of hydrogen-bond donors (Lipinski definition) is 2. The fourth-order valence-electron chi connectivity index (χ4n) is 1.95. The number of nitrogens with two attached hydrogens (primary N) is 1. The summed E-state index contributed by atoms with van der Waals surface area (Å²) < 4.78 is 0. The highest BCUT2D eigenvalue weighted by Gasteiger charge is 2.08. The number of pyridine rings is 1. The molecule has 5 heteroatoms. The average molecular weight is 251 g/mol. The molecule has 5 nitrogen and oxygen atoms in total. The second-order valence-corrected chi connectivity index (χ2v) is 4.14. The third kappa shape index (κ3) is 2.06. The zero-order chi connectivity index (χ0) is 13.2. The Hall–Kier alpha value is -2.69. The van der Waals surface area contributed by atoms with Crippen molar-refractivity contribution in [2.24, 2.45) is 0 Å². The molecule has 0 aliphatic rings. The minimum Gasteiger partial charge on any atom is -0.383 e. The van der Waals surface area contributed by atoms with E-state index in [1.165, 1.54) is 0 Å². The summed E-state index contributed by atoms with van der Waals surface area (Å²) in [6.45, 7) is 0.